The van der Waals surface area contributed by atoms with Crippen molar-refractivity contribution < 1.29 is 0 Å². The Morgan fingerprint density at radius 1 is 1.70 bits per heavy atom. The normalized spacial score (nSPS) is 10.4. The van der Waals surface area contributed by atoms with E-state index in [1.807, 2.05) is 11.4 Å². The summed E-state index contributed by atoms with van der Waals surface area (Å²) in [5.74, 6) is 0. The van der Waals surface area contributed by atoms with Crippen LogP contribution in [0.3, 0.4) is 0 Å². The van der Waals surface area contributed by atoms with E-state index in [1.54, 1.807) is 17.4 Å². The van der Waals surface area contributed by atoms with Gasteiger partial charge in [0.05, 0.1) is 6.34 Å². The number of rotatable bonds is 2. The second kappa shape index (κ2) is 3.17. The van der Waals surface area contributed by atoms with Gasteiger partial charge in [-0.25, -0.2) is 4.99 Å². The van der Waals surface area contributed by atoms with Gasteiger partial charge in [-0.2, -0.15) is 0 Å². The molecular formula is C7H8N2S. The van der Waals surface area contributed by atoms with Gasteiger partial charge in [0.15, 0.2) is 0 Å². The molecule has 0 unspecified atom stereocenters. The minimum atomic E-state index is 0.914. The number of hydrogen-bond acceptors (Lipinski definition) is 2. The summed E-state index contributed by atoms with van der Waals surface area (Å²) in [7, 11) is 0. The first-order valence-corrected chi connectivity index (χ1v) is 3.70. The quantitative estimate of drug-likeness (QED) is 0.511. The highest BCUT2D eigenvalue weighted by Gasteiger charge is 1.95. The molecule has 1 aromatic heterocycles. The van der Waals surface area contributed by atoms with Crippen LogP contribution in [-0.4, -0.2) is 6.34 Å². The maximum Gasteiger partial charge on any atom is 0.124 e. The lowest BCUT2D eigenvalue weighted by atomic mass is 10.3. The molecule has 2 N–H and O–H groups in total. The van der Waals surface area contributed by atoms with E-state index in [0.717, 1.165) is 10.6 Å². The highest BCUT2D eigenvalue weighted by molar-refractivity contribution is 7.14. The second-order valence-electron chi connectivity index (χ2n) is 1.66. The van der Waals surface area contributed by atoms with Crippen molar-refractivity contribution in [3.8, 4) is 0 Å². The fourth-order valence-electron chi connectivity index (χ4n) is 0.639. The average Bonchev–Trinajstić information content (AvgIpc) is 2.36. The summed E-state index contributed by atoms with van der Waals surface area (Å²) >= 11 is 1.55. The Morgan fingerprint density at radius 2 is 2.50 bits per heavy atom. The number of aliphatic imine (C=N–C) groups is 1. The molecule has 0 amide bonds. The standard InChI is InChI=1S/C7H8N2S/c1-2-6-3-4-10-7(6)9-5-8/h2-5H,1H2,(H2,8,9). The van der Waals surface area contributed by atoms with E-state index in [4.69, 9.17) is 5.73 Å². The molecule has 0 saturated heterocycles. The third kappa shape index (κ3) is 1.25. The van der Waals surface area contributed by atoms with Crippen LogP contribution >= 0.6 is 11.3 Å². The van der Waals surface area contributed by atoms with Gasteiger partial charge in [-0.05, 0) is 11.4 Å². The lowest BCUT2D eigenvalue weighted by Gasteiger charge is -1.86. The second-order valence-corrected chi connectivity index (χ2v) is 2.56. The lowest BCUT2D eigenvalue weighted by Crippen LogP contribution is -1.85. The molecular weight excluding hydrogens is 144 g/mol. The Balaban J connectivity index is 3.00. The summed E-state index contributed by atoms with van der Waals surface area (Å²) in [5.41, 5.74) is 6.16. The van der Waals surface area contributed by atoms with Crippen LogP contribution in [0.5, 0.6) is 0 Å². The molecule has 2 nitrogen and oxygen atoms in total. The van der Waals surface area contributed by atoms with Gasteiger partial charge in [0.2, 0.25) is 0 Å². The third-order valence-electron chi connectivity index (χ3n) is 1.09. The van der Waals surface area contributed by atoms with E-state index in [9.17, 15) is 0 Å². The molecule has 1 aromatic rings. The molecule has 0 bridgehead atoms. The molecule has 10 heavy (non-hydrogen) atoms. The van der Waals surface area contributed by atoms with Crippen LogP contribution in [-0.2, 0) is 0 Å². The first-order chi connectivity index (χ1) is 4.88. The van der Waals surface area contributed by atoms with E-state index in [2.05, 4.69) is 11.6 Å². The van der Waals surface area contributed by atoms with Crippen LogP contribution in [0, 0.1) is 0 Å². The van der Waals surface area contributed by atoms with Crippen molar-refractivity contribution in [1.82, 2.24) is 0 Å². The summed E-state index contributed by atoms with van der Waals surface area (Å²) in [5, 5.41) is 2.87. The van der Waals surface area contributed by atoms with Gasteiger partial charge in [0, 0.05) is 5.56 Å². The van der Waals surface area contributed by atoms with Crippen molar-refractivity contribution in [3.63, 3.8) is 0 Å². The molecule has 0 aromatic carbocycles. The molecule has 0 aliphatic heterocycles. The minimum Gasteiger partial charge on any atom is -0.390 e. The van der Waals surface area contributed by atoms with E-state index in [0.29, 0.717) is 0 Å². The molecule has 0 radical (unpaired) electrons. The zero-order valence-corrected chi connectivity index (χ0v) is 6.27. The topological polar surface area (TPSA) is 38.4 Å². The van der Waals surface area contributed by atoms with Crippen LogP contribution in [0.1, 0.15) is 5.56 Å². The zero-order chi connectivity index (χ0) is 7.40. The summed E-state index contributed by atoms with van der Waals surface area (Å²) in [4.78, 5) is 3.94. The largest absolute Gasteiger partial charge is 0.390 e. The van der Waals surface area contributed by atoms with Crippen molar-refractivity contribution in [2.45, 2.75) is 0 Å². The summed E-state index contributed by atoms with van der Waals surface area (Å²) in [6.07, 6.45) is 3.05. The SMILES string of the molecule is C=Cc1ccsc1N=CN. The highest BCUT2D eigenvalue weighted by Crippen LogP contribution is 2.26. The Hall–Kier alpha value is -1.09. The Morgan fingerprint density at radius 3 is 3.10 bits per heavy atom. The van der Waals surface area contributed by atoms with E-state index < -0.39 is 0 Å². The number of thiophene rings is 1. The van der Waals surface area contributed by atoms with Crippen LogP contribution in [0.15, 0.2) is 23.0 Å². The van der Waals surface area contributed by atoms with Gasteiger partial charge in [-0.1, -0.05) is 12.7 Å². The molecule has 52 valence electrons. The summed E-state index contributed by atoms with van der Waals surface area (Å²) in [6.45, 7) is 3.64. The molecule has 3 heteroatoms. The van der Waals surface area contributed by atoms with Crippen molar-refractivity contribution in [2.24, 2.45) is 10.7 Å². The van der Waals surface area contributed by atoms with Gasteiger partial charge in [0.1, 0.15) is 5.00 Å². The molecule has 0 aliphatic rings. The monoisotopic (exact) mass is 152 g/mol. The van der Waals surface area contributed by atoms with Gasteiger partial charge in [0.25, 0.3) is 0 Å². The summed E-state index contributed by atoms with van der Waals surface area (Å²) in [6, 6.07) is 1.96. The molecule has 0 atom stereocenters. The average molecular weight is 152 g/mol. The molecule has 1 rings (SSSR count). The van der Waals surface area contributed by atoms with Gasteiger partial charge in [-0.3, -0.25) is 0 Å². The highest BCUT2D eigenvalue weighted by atomic mass is 32.1. The first-order valence-electron chi connectivity index (χ1n) is 2.82. The van der Waals surface area contributed by atoms with Crippen LogP contribution in [0.2, 0.25) is 0 Å². The van der Waals surface area contributed by atoms with E-state index >= 15 is 0 Å². The number of nitrogens with two attached hydrogens (primary N) is 1. The van der Waals surface area contributed by atoms with Gasteiger partial charge < -0.3 is 5.73 Å². The van der Waals surface area contributed by atoms with Gasteiger partial charge >= 0.3 is 0 Å². The molecule has 0 spiro atoms. The van der Waals surface area contributed by atoms with Crippen molar-refractivity contribution in [1.29, 1.82) is 0 Å². The molecule has 0 saturated carbocycles. The Bertz CT molecular complexity index is 250. The first kappa shape index (κ1) is 7.02. The van der Waals surface area contributed by atoms with Gasteiger partial charge in [-0.15, -0.1) is 11.3 Å². The predicted molar refractivity (Wildman–Crippen MR) is 46.7 cm³/mol. The predicted octanol–water partition coefficient (Wildman–Crippen LogP) is 2.01. The van der Waals surface area contributed by atoms with Crippen LogP contribution in [0.25, 0.3) is 6.08 Å². The van der Waals surface area contributed by atoms with E-state index in [1.165, 1.54) is 6.34 Å². The minimum absolute atomic E-state index is 0.914. The fourth-order valence-corrected chi connectivity index (χ4v) is 1.39. The maximum absolute atomic E-state index is 5.12. The molecule has 0 fully saturated rings. The summed E-state index contributed by atoms with van der Waals surface area (Å²) < 4.78 is 0. The van der Waals surface area contributed by atoms with Crippen molar-refractivity contribution >= 4 is 28.8 Å². The van der Waals surface area contributed by atoms with Crippen LogP contribution < -0.4 is 5.73 Å². The lowest BCUT2D eigenvalue weighted by molar-refractivity contribution is 1.59. The molecule has 1 heterocycles. The molecule has 0 aliphatic carbocycles. The Kier molecular flexibility index (Phi) is 2.23. The zero-order valence-electron chi connectivity index (χ0n) is 5.45. The van der Waals surface area contributed by atoms with Crippen LogP contribution in [0.4, 0.5) is 5.00 Å². The van der Waals surface area contributed by atoms with E-state index in [-0.39, 0.29) is 0 Å². The Labute approximate surface area is 63.7 Å². The smallest absolute Gasteiger partial charge is 0.124 e. The third-order valence-corrected chi connectivity index (χ3v) is 1.92. The fraction of sp³-hybridized carbons (Fsp3) is 0. The maximum atomic E-state index is 5.12. The van der Waals surface area contributed by atoms with Crippen molar-refractivity contribution in [2.75, 3.05) is 0 Å². The van der Waals surface area contributed by atoms with Crippen molar-refractivity contribution in [3.05, 3.63) is 23.6 Å². The number of hydrogen-bond donors (Lipinski definition) is 1. The number of nitrogens with zero attached hydrogens (tertiary/aromatic N) is 1.